The lowest BCUT2D eigenvalue weighted by Gasteiger charge is -2.11. The fourth-order valence-corrected chi connectivity index (χ4v) is 1.59. The van der Waals surface area contributed by atoms with E-state index in [4.69, 9.17) is 0 Å². The molecule has 1 aliphatic heterocycles. The standard InChI is InChI=1S/C11H13N5O2/c1-6-5-7(2)13-11(12-6)14-10(18)8-3-4-9(17)16-15-8/h5H,3-4H2,1-2H3,(H,16,17)(H,12,13,14,18). The van der Waals surface area contributed by atoms with Crippen LogP contribution in [0.1, 0.15) is 24.2 Å². The normalized spacial score (nSPS) is 14.8. The smallest absolute Gasteiger partial charge is 0.274 e. The number of carbonyl (C=O) groups is 2. The number of carbonyl (C=O) groups excluding carboxylic acids is 2. The molecule has 0 unspecified atom stereocenters. The van der Waals surface area contributed by atoms with Gasteiger partial charge >= 0.3 is 0 Å². The Labute approximate surface area is 104 Å². The van der Waals surface area contributed by atoms with Gasteiger partial charge in [0.1, 0.15) is 5.71 Å². The summed E-state index contributed by atoms with van der Waals surface area (Å²) in [5.41, 5.74) is 4.09. The molecule has 0 aliphatic carbocycles. The van der Waals surface area contributed by atoms with Crippen molar-refractivity contribution in [2.24, 2.45) is 5.10 Å². The Kier molecular flexibility index (Phi) is 3.31. The largest absolute Gasteiger partial charge is 0.289 e. The van der Waals surface area contributed by atoms with Crippen LogP contribution in [-0.2, 0) is 9.59 Å². The number of anilines is 1. The van der Waals surface area contributed by atoms with Gasteiger partial charge in [-0.1, -0.05) is 0 Å². The number of nitrogens with one attached hydrogen (secondary N) is 2. The highest BCUT2D eigenvalue weighted by Gasteiger charge is 2.19. The zero-order valence-corrected chi connectivity index (χ0v) is 10.1. The van der Waals surface area contributed by atoms with E-state index in [0.717, 1.165) is 11.4 Å². The molecule has 1 aromatic rings. The number of hydrogen-bond acceptors (Lipinski definition) is 5. The Bertz CT molecular complexity index is 518. The summed E-state index contributed by atoms with van der Waals surface area (Å²) in [4.78, 5) is 30.9. The van der Waals surface area contributed by atoms with Gasteiger partial charge in [0.05, 0.1) is 0 Å². The zero-order valence-electron chi connectivity index (χ0n) is 10.1. The van der Waals surface area contributed by atoms with Crippen molar-refractivity contribution in [2.45, 2.75) is 26.7 Å². The van der Waals surface area contributed by atoms with Gasteiger partial charge in [0, 0.05) is 24.2 Å². The van der Waals surface area contributed by atoms with Crippen LogP contribution in [0.5, 0.6) is 0 Å². The molecule has 7 heteroatoms. The van der Waals surface area contributed by atoms with Crippen molar-refractivity contribution >= 4 is 23.5 Å². The molecule has 2 heterocycles. The average molecular weight is 247 g/mol. The fourth-order valence-electron chi connectivity index (χ4n) is 1.59. The molecule has 1 aliphatic rings. The number of amides is 2. The molecular formula is C11H13N5O2. The highest BCUT2D eigenvalue weighted by atomic mass is 16.2. The molecule has 0 radical (unpaired) electrons. The summed E-state index contributed by atoms with van der Waals surface area (Å²) in [5, 5.41) is 6.27. The fraction of sp³-hybridized carbons (Fsp3) is 0.364. The van der Waals surface area contributed by atoms with Crippen molar-refractivity contribution < 1.29 is 9.59 Å². The number of aromatic nitrogens is 2. The Morgan fingerprint density at radius 1 is 1.28 bits per heavy atom. The van der Waals surface area contributed by atoms with E-state index in [1.54, 1.807) is 0 Å². The summed E-state index contributed by atoms with van der Waals surface area (Å²) in [5.74, 6) is -0.327. The van der Waals surface area contributed by atoms with Crippen LogP contribution in [0.25, 0.3) is 0 Å². The van der Waals surface area contributed by atoms with Crippen molar-refractivity contribution in [2.75, 3.05) is 5.32 Å². The Balaban J connectivity index is 2.09. The molecule has 0 saturated carbocycles. The van der Waals surface area contributed by atoms with Gasteiger partial charge in [-0.15, -0.1) is 0 Å². The first-order chi connectivity index (χ1) is 8.54. The van der Waals surface area contributed by atoms with E-state index in [-0.39, 0.29) is 29.9 Å². The van der Waals surface area contributed by atoms with Gasteiger partial charge in [-0.05, 0) is 19.9 Å². The molecule has 2 rings (SSSR count). The first-order valence-corrected chi connectivity index (χ1v) is 5.53. The second kappa shape index (κ2) is 4.91. The number of hydrogen-bond donors (Lipinski definition) is 2. The van der Waals surface area contributed by atoms with Crippen LogP contribution in [0, 0.1) is 13.8 Å². The lowest BCUT2D eigenvalue weighted by atomic mass is 10.2. The van der Waals surface area contributed by atoms with E-state index in [2.05, 4.69) is 25.8 Å². The lowest BCUT2D eigenvalue weighted by molar-refractivity contribution is -0.121. The molecule has 0 bridgehead atoms. The Hall–Kier alpha value is -2.31. The van der Waals surface area contributed by atoms with Gasteiger partial charge in [0.25, 0.3) is 5.91 Å². The molecular weight excluding hydrogens is 234 g/mol. The summed E-state index contributed by atoms with van der Waals surface area (Å²) in [7, 11) is 0. The summed E-state index contributed by atoms with van der Waals surface area (Å²) >= 11 is 0. The van der Waals surface area contributed by atoms with Gasteiger partial charge in [-0.25, -0.2) is 15.4 Å². The van der Waals surface area contributed by atoms with Crippen molar-refractivity contribution in [3.05, 3.63) is 17.5 Å². The minimum atomic E-state index is -0.389. The van der Waals surface area contributed by atoms with Gasteiger partial charge in [0.15, 0.2) is 0 Å². The third kappa shape index (κ3) is 2.88. The topological polar surface area (TPSA) is 96.3 Å². The van der Waals surface area contributed by atoms with Crippen LogP contribution in [0.3, 0.4) is 0 Å². The van der Waals surface area contributed by atoms with E-state index in [0.29, 0.717) is 6.42 Å². The molecule has 1 aromatic heterocycles. The van der Waals surface area contributed by atoms with E-state index < -0.39 is 0 Å². The third-order valence-electron chi connectivity index (χ3n) is 2.37. The minimum absolute atomic E-state index is 0.186. The SMILES string of the molecule is Cc1cc(C)nc(NC(=O)C2=NNC(=O)CC2)n1. The van der Waals surface area contributed by atoms with Crippen LogP contribution in [-0.4, -0.2) is 27.5 Å². The van der Waals surface area contributed by atoms with Gasteiger partial charge in [0.2, 0.25) is 11.9 Å². The first kappa shape index (κ1) is 12.2. The number of rotatable bonds is 2. The van der Waals surface area contributed by atoms with Gasteiger partial charge in [-0.2, -0.15) is 5.10 Å². The van der Waals surface area contributed by atoms with E-state index in [9.17, 15) is 9.59 Å². The van der Waals surface area contributed by atoms with Crippen LogP contribution < -0.4 is 10.7 Å². The van der Waals surface area contributed by atoms with E-state index >= 15 is 0 Å². The van der Waals surface area contributed by atoms with Gasteiger partial charge < -0.3 is 0 Å². The maximum Gasteiger partial charge on any atom is 0.274 e. The summed E-state index contributed by atoms with van der Waals surface area (Å²) in [6.07, 6.45) is 0.586. The van der Waals surface area contributed by atoms with Crippen LogP contribution in [0.15, 0.2) is 11.2 Å². The predicted molar refractivity (Wildman–Crippen MR) is 64.9 cm³/mol. The Morgan fingerprint density at radius 2 is 1.94 bits per heavy atom. The summed E-state index contributed by atoms with van der Waals surface area (Å²) in [6, 6.07) is 1.81. The van der Waals surface area contributed by atoms with Gasteiger partial charge in [-0.3, -0.25) is 14.9 Å². The van der Waals surface area contributed by atoms with Crippen LogP contribution in [0.4, 0.5) is 5.95 Å². The van der Waals surface area contributed by atoms with Crippen LogP contribution >= 0.6 is 0 Å². The molecule has 0 saturated heterocycles. The van der Waals surface area contributed by atoms with Crippen molar-refractivity contribution in [3.8, 4) is 0 Å². The number of aryl methyl sites for hydroxylation is 2. The molecule has 2 N–H and O–H groups in total. The summed E-state index contributed by atoms with van der Waals surface area (Å²) < 4.78 is 0. The second-order valence-corrected chi connectivity index (χ2v) is 4.02. The maximum atomic E-state index is 11.8. The summed E-state index contributed by atoms with van der Waals surface area (Å²) in [6.45, 7) is 3.64. The first-order valence-electron chi connectivity index (χ1n) is 5.53. The highest BCUT2D eigenvalue weighted by molar-refractivity contribution is 6.43. The molecule has 18 heavy (non-hydrogen) atoms. The molecule has 0 aromatic carbocycles. The van der Waals surface area contributed by atoms with Crippen molar-refractivity contribution in [3.63, 3.8) is 0 Å². The van der Waals surface area contributed by atoms with E-state index in [1.807, 2.05) is 19.9 Å². The molecule has 0 spiro atoms. The third-order valence-corrected chi connectivity index (χ3v) is 2.37. The highest BCUT2D eigenvalue weighted by Crippen LogP contribution is 2.06. The monoisotopic (exact) mass is 247 g/mol. The molecule has 0 fully saturated rings. The molecule has 7 nitrogen and oxygen atoms in total. The molecule has 94 valence electrons. The molecule has 0 atom stereocenters. The molecule has 2 amide bonds. The average Bonchev–Trinajstić information content (AvgIpc) is 2.28. The maximum absolute atomic E-state index is 11.8. The lowest BCUT2D eigenvalue weighted by Crippen LogP contribution is -2.33. The van der Waals surface area contributed by atoms with Crippen molar-refractivity contribution in [1.82, 2.24) is 15.4 Å². The van der Waals surface area contributed by atoms with Crippen LogP contribution in [0.2, 0.25) is 0 Å². The zero-order chi connectivity index (χ0) is 13.1. The Morgan fingerprint density at radius 3 is 2.50 bits per heavy atom. The second-order valence-electron chi connectivity index (χ2n) is 4.02. The number of nitrogens with zero attached hydrogens (tertiary/aromatic N) is 3. The van der Waals surface area contributed by atoms with Crippen molar-refractivity contribution in [1.29, 1.82) is 0 Å². The number of hydrazone groups is 1. The predicted octanol–water partition coefficient (Wildman–Crippen LogP) is 0.298. The van der Waals surface area contributed by atoms with E-state index in [1.165, 1.54) is 0 Å². The minimum Gasteiger partial charge on any atom is -0.289 e. The quantitative estimate of drug-likeness (QED) is 0.785.